The summed E-state index contributed by atoms with van der Waals surface area (Å²) in [7, 11) is 0. The van der Waals surface area contributed by atoms with Gasteiger partial charge in [-0.15, -0.1) is 0 Å². The molecule has 24 heavy (non-hydrogen) atoms. The van der Waals surface area contributed by atoms with Crippen LogP contribution in [0.25, 0.3) is 0 Å². The van der Waals surface area contributed by atoms with E-state index in [1.807, 2.05) is 42.5 Å². The lowest BCUT2D eigenvalue weighted by molar-refractivity contribution is 0.112. The molecule has 0 amide bonds. The third-order valence-electron chi connectivity index (χ3n) is 4.03. The van der Waals surface area contributed by atoms with Crippen LogP contribution in [0.2, 0.25) is 0 Å². The average Bonchev–Trinajstić information content (AvgIpc) is 2.65. The number of para-hydroxylation sites is 1. The van der Waals surface area contributed by atoms with E-state index in [9.17, 15) is 4.79 Å². The standard InChI is InChI=1S/C22H21NO/c1-2-6-18-9-13-21(14-10-18)23(20-7-4-3-5-8-20)22-15-11-19(17-24)12-16-22/h3-5,7-17H,2,6H2,1H3. The first kappa shape index (κ1) is 16.0. The molecule has 0 spiro atoms. The van der Waals surface area contributed by atoms with Crippen LogP contribution in [0.15, 0.2) is 78.9 Å². The summed E-state index contributed by atoms with van der Waals surface area (Å²) >= 11 is 0. The zero-order chi connectivity index (χ0) is 16.8. The van der Waals surface area contributed by atoms with Gasteiger partial charge in [-0.2, -0.15) is 0 Å². The molecular weight excluding hydrogens is 294 g/mol. The molecule has 2 heteroatoms. The van der Waals surface area contributed by atoms with Crippen LogP contribution in [0, 0.1) is 0 Å². The van der Waals surface area contributed by atoms with E-state index in [2.05, 4.69) is 48.2 Å². The highest BCUT2D eigenvalue weighted by Crippen LogP contribution is 2.34. The van der Waals surface area contributed by atoms with Crippen LogP contribution in [-0.4, -0.2) is 6.29 Å². The van der Waals surface area contributed by atoms with Gasteiger partial charge in [0.15, 0.2) is 0 Å². The van der Waals surface area contributed by atoms with Gasteiger partial charge < -0.3 is 4.90 Å². The highest BCUT2D eigenvalue weighted by Gasteiger charge is 2.11. The lowest BCUT2D eigenvalue weighted by Gasteiger charge is -2.25. The van der Waals surface area contributed by atoms with E-state index in [4.69, 9.17) is 0 Å². The second kappa shape index (κ2) is 7.60. The van der Waals surface area contributed by atoms with E-state index >= 15 is 0 Å². The average molecular weight is 315 g/mol. The number of anilines is 3. The summed E-state index contributed by atoms with van der Waals surface area (Å²) in [4.78, 5) is 13.1. The summed E-state index contributed by atoms with van der Waals surface area (Å²) in [5, 5.41) is 0. The van der Waals surface area contributed by atoms with Crippen LogP contribution in [0.5, 0.6) is 0 Å². The van der Waals surface area contributed by atoms with Crippen LogP contribution in [-0.2, 0) is 6.42 Å². The number of hydrogen-bond donors (Lipinski definition) is 0. The Morgan fingerprint density at radius 1 is 0.750 bits per heavy atom. The summed E-state index contributed by atoms with van der Waals surface area (Å²) in [5.74, 6) is 0. The van der Waals surface area contributed by atoms with E-state index in [-0.39, 0.29) is 0 Å². The number of aryl methyl sites for hydroxylation is 1. The van der Waals surface area contributed by atoms with E-state index in [1.165, 1.54) is 5.56 Å². The maximum absolute atomic E-state index is 10.9. The maximum Gasteiger partial charge on any atom is 0.150 e. The number of nitrogens with zero attached hydrogens (tertiary/aromatic N) is 1. The molecule has 0 saturated carbocycles. The Balaban J connectivity index is 2.02. The third kappa shape index (κ3) is 3.54. The lowest BCUT2D eigenvalue weighted by Crippen LogP contribution is -2.09. The van der Waals surface area contributed by atoms with E-state index in [1.54, 1.807) is 0 Å². The fourth-order valence-corrected chi connectivity index (χ4v) is 2.83. The van der Waals surface area contributed by atoms with Crippen molar-refractivity contribution in [2.24, 2.45) is 0 Å². The van der Waals surface area contributed by atoms with Gasteiger partial charge in [0.05, 0.1) is 0 Å². The second-order valence-corrected chi connectivity index (χ2v) is 5.80. The summed E-state index contributed by atoms with van der Waals surface area (Å²) in [6.07, 6.45) is 3.12. The molecule has 0 unspecified atom stereocenters. The van der Waals surface area contributed by atoms with Crippen molar-refractivity contribution >= 4 is 23.3 Å². The molecule has 0 radical (unpaired) electrons. The summed E-state index contributed by atoms with van der Waals surface area (Å²) in [5.41, 5.74) is 5.28. The van der Waals surface area contributed by atoms with Crippen LogP contribution in [0.3, 0.4) is 0 Å². The minimum atomic E-state index is 0.685. The zero-order valence-corrected chi connectivity index (χ0v) is 13.9. The number of hydrogen-bond acceptors (Lipinski definition) is 2. The fourth-order valence-electron chi connectivity index (χ4n) is 2.83. The van der Waals surface area contributed by atoms with E-state index < -0.39 is 0 Å². The number of carbonyl (C=O) groups excluding carboxylic acids is 1. The smallest absolute Gasteiger partial charge is 0.150 e. The van der Waals surface area contributed by atoms with Gasteiger partial charge in [0, 0.05) is 22.6 Å². The number of rotatable bonds is 6. The quantitative estimate of drug-likeness (QED) is 0.526. The molecule has 2 nitrogen and oxygen atoms in total. The first-order valence-electron chi connectivity index (χ1n) is 8.31. The van der Waals surface area contributed by atoms with Gasteiger partial charge in [0.1, 0.15) is 6.29 Å². The molecule has 3 aromatic rings. The SMILES string of the molecule is CCCc1ccc(N(c2ccccc2)c2ccc(C=O)cc2)cc1. The number of carbonyl (C=O) groups is 1. The van der Waals surface area contributed by atoms with Crippen molar-refractivity contribution in [3.8, 4) is 0 Å². The van der Waals surface area contributed by atoms with Gasteiger partial charge >= 0.3 is 0 Å². The highest BCUT2D eigenvalue weighted by atomic mass is 16.1. The van der Waals surface area contributed by atoms with Crippen molar-refractivity contribution < 1.29 is 4.79 Å². The fraction of sp³-hybridized carbons (Fsp3) is 0.136. The molecule has 0 fully saturated rings. The first-order chi connectivity index (χ1) is 11.8. The Morgan fingerprint density at radius 3 is 1.83 bits per heavy atom. The van der Waals surface area contributed by atoms with Crippen molar-refractivity contribution in [1.29, 1.82) is 0 Å². The summed E-state index contributed by atoms with van der Waals surface area (Å²) in [6.45, 7) is 2.19. The van der Waals surface area contributed by atoms with Gasteiger partial charge in [-0.3, -0.25) is 4.79 Å². The largest absolute Gasteiger partial charge is 0.311 e. The van der Waals surface area contributed by atoms with Gasteiger partial charge in [0.25, 0.3) is 0 Å². The lowest BCUT2D eigenvalue weighted by atomic mass is 10.1. The Bertz CT molecular complexity index is 776. The second-order valence-electron chi connectivity index (χ2n) is 5.80. The summed E-state index contributed by atoms with van der Waals surface area (Å²) in [6, 6.07) is 26.6. The van der Waals surface area contributed by atoms with Crippen LogP contribution in [0.4, 0.5) is 17.1 Å². The van der Waals surface area contributed by atoms with E-state index in [0.717, 1.165) is 36.2 Å². The molecule has 120 valence electrons. The molecule has 0 aliphatic rings. The monoisotopic (exact) mass is 315 g/mol. The summed E-state index contributed by atoms with van der Waals surface area (Å²) < 4.78 is 0. The zero-order valence-electron chi connectivity index (χ0n) is 13.9. The maximum atomic E-state index is 10.9. The minimum absolute atomic E-state index is 0.685. The Kier molecular flexibility index (Phi) is 5.07. The highest BCUT2D eigenvalue weighted by molar-refractivity contribution is 5.80. The van der Waals surface area contributed by atoms with Gasteiger partial charge in [-0.1, -0.05) is 43.7 Å². The van der Waals surface area contributed by atoms with Crippen molar-refractivity contribution in [1.82, 2.24) is 0 Å². The molecule has 0 heterocycles. The molecular formula is C22H21NO. The Labute approximate surface area is 143 Å². The van der Waals surface area contributed by atoms with Crippen molar-refractivity contribution in [2.45, 2.75) is 19.8 Å². The topological polar surface area (TPSA) is 20.3 Å². The van der Waals surface area contributed by atoms with Gasteiger partial charge in [0.2, 0.25) is 0 Å². The molecule has 0 aliphatic carbocycles. The third-order valence-corrected chi connectivity index (χ3v) is 4.03. The van der Waals surface area contributed by atoms with Gasteiger partial charge in [-0.25, -0.2) is 0 Å². The van der Waals surface area contributed by atoms with E-state index in [0.29, 0.717) is 5.56 Å². The normalized spacial score (nSPS) is 10.4. The number of aldehydes is 1. The predicted octanol–water partition coefficient (Wildman–Crippen LogP) is 5.92. The van der Waals surface area contributed by atoms with Crippen molar-refractivity contribution in [3.63, 3.8) is 0 Å². The molecule has 0 N–H and O–H groups in total. The van der Waals surface area contributed by atoms with Crippen LogP contribution >= 0.6 is 0 Å². The Morgan fingerprint density at radius 2 is 1.29 bits per heavy atom. The molecule has 0 aliphatic heterocycles. The molecule has 0 saturated heterocycles. The Hall–Kier alpha value is -2.87. The predicted molar refractivity (Wildman–Crippen MR) is 101 cm³/mol. The molecule has 0 atom stereocenters. The molecule has 0 bridgehead atoms. The molecule has 3 rings (SSSR count). The minimum Gasteiger partial charge on any atom is -0.311 e. The molecule has 3 aromatic carbocycles. The number of benzene rings is 3. The van der Waals surface area contributed by atoms with Crippen LogP contribution < -0.4 is 4.90 Å². The van der Waals surface area contributed by atoms with Crippen molar-refractivity contribution in [3.05, 3.63) is 90.0 Å². The van der Waals surface area contributed by atoms with Crippen LogP contribution in [0.1, 0.15) is 29.3 Å². The van der Waals surface area contributed by atoms with Gasteiger partial charge in [-0.05, 0) is 60.5 Å². The first-order valence-corrected chi connectivity index (χ1v) is 8.31. The van der Waals surface area contributed by atoms with Crippen molar-refractivity contribution in [2.75, 3.05) is 4.90 Å². The molecule has 0 aromatic heterocycles.